The van der Waals surface area contributed by atoms with Crippen molar-refractivity contribution >= 4 is 28.7 Å². The molecule has 1 unspecified atom stereocenters. The van der Waals surface area contributed by atoms with E-state index in [-0.39, 0.29) is 18.1 Å². The van der Waals surface area contributed by atoms with Gasteiger partial charge in [-0.3, -0.25) is 0 Å². The van der Waals surface area contributed by atoms with Crippen molar-refractivity contribution in [3.05, 3.63) is 38.5 Å². The first-order valence-corrected chi connectivity index (χ1v) is 9.47. The molecule has 1 saturated heterocycles. The molecule has 3 heterocycles. The molecule has 2 aromatic rings. The maximum absolute atomic E-state index is 12.7. The van der Waals surface area contributed by atoms with Crippen molar-refractivity contribution in [2.45, 2.75) is 45.2 Å². The maximum atomic E-state index is 12.7. The summed E-state index contributed by atoms with van der Waals surface area (Å²) in [6.07, 6.45) is 2.96. The first-order valence-electron chi connectivity index (χ1n) is 7.71. The Kier molecular flexibility index (Phi) is 4.78. The molecule has 0 saturated carbocycles. The molecule has 3 rings (SSSR count). The van der Waals surface area contributed by atoms with Gasteiger partial charge in [-0.2, -0.15) is 0 Å². The van der Waals surface area contributed by atoms with Crippen molar-refractivity contribution in [3.63, 3.8) is 0 Å². The normalized spacial score (nSPS) is 19.4. The number of aromatic nitrogens is 1. The predicted molar refractivity (Wildman–Crippen MR) is 91.4 cm³/mol. The fraction of sp³-hybridized carbons (Fsp3) is 0.500. The van der Waals surface area contributed by atoms with Crippen molar-refractivity contribution in [3.8, 4) is 0 Å². The van der Waals surface area contributed by atoms with Gasteiger partial charge in [0.2, 0.25) is 0 Å². The zero-order chi connectivity index (χ0) is 15.5. The van der Waals surface area contributed by atoms with E-state index in [1.54, 1.807) is 22.7 Å². The first-order chi connectivity index (χ1) is 10.7. The van der Waals surface area contributed by atoms with E-state index in [0.717, 1.165) is 36.5 Å². The molecule has 118 valence electrons. The Bertz CT molecular complexity index is 623. The molecule has 0 bridgehead atoms. The number of amides is 2. The second-order valence-electron chi connectivity index (χ2n) is 5.57. The maximum Gasteiger partial charge on any atom is 0.318 e. The number of hydrogen-bond acceptors (Lipinski definition) is 4. The van der Waals surface area contributed by atoms with Crippen molar-refractivity contribution in [1.82, 2.24) is 15.2 Å². The minimum absolute atomic E-state index is 0.0356. The average Bonchev–Trinajstić information content (AvgIpc) is 3.24. The summed E-state index contributed by atoms with van der Waals surface area (Å²) in [6.45, 7) is 4.93. The van der Waals surface area contributed by atoms with Gasteiger partial charge in [0.15, 0.2) is 0 Å². The molecule has 1 aliphatic heterocycles. The van der Waals surface area contributed by atoms with Crippen LogP contribution in [0.1, 0.15) is 53.8 Å². The summed E-state index contributed by atoms with van der Waals surface area (Å²) < 4.78 is 0. The fourth-order valence-corrected chi connectivity index (χ4v) is 4.47. The Morgan fingerprint density at radius 1 is 1.55 bits per heavy atom. The molecule has 1 aliphatic rings. The molecule has 2 aromatic heterocycles. The van der Waals surface area contributed by atoms with Gasteiger partial charge < -0.3 is 10.2 Å². The number of carbonyl (C=O) groups is 1. The van der Waals surface area contributed by atoms with Crippen LogP contribution in [0.2, 0.25) is 0 Å². The lowest BCUT2D eigenvalue weighted by Crippen LogP contribution is -2.41. The molecule has 4 nitrogen and oxygen atoms in total. The van der Waals surface area contributed by atoms with E-state index >= 15 is 0 Å². The van der Waals surface area contributed by atoms with Crippen LogP contribution >= 0.6 is 22.7 Å². The Balaban J connectivity index is 1.70. The summed E-state index contributed by atoms with van der Waals surface area (Å²) in [4.78, 5) is 20.4. The third-order valence-electron chi connectivity index (χ3n) is 4.08. The van der Waals surface area contributed by atoms with Crippen LogP contribution in [-0.4, -0.2) is 22.5 Å². The van der Waals surface area contributed by atoms with Gasteiger partial charge >= 0.3 is 6.03 Å². The molecule has 0 radical (unpaired) electrons. The van der Waals surface area contributed by atoms with E-state index in [1.807, 2.05) is 17.9 Å². The van der Waals surface area contributed by atoms with Gasteiger partial charge in [0.25, 0.3) is 0 Å². The minimum Gasteiger partial charge on any atom is -0.330 e. The number of thiophene rings is 1. The summed E-state index contributed by atoms with van der Waals surface area (Å²) in [5, 5.41) is 8.39. The summed E-state index contributed by atoms with van der Waals surface area (Å²) in [6, 6.07) is 4.39. The standard InChI is InChI=1S/C16H21N3OS2/c1-3-12(15-7-5-9-21-15)18-16(20)19-8-4-6-14(19)13-10-22-11(2)17-13/h5,7,9-10,12,14H,3-4,6,8H2,1-2H3,(H,18,20)/t12?,14-/m1/s1. The molecule has 6 heteroatoms. The number of aryl methyl sites for hydroxylation is 1. The zero-order valence-corrected chi connectivity index (χ0v) is 14.5. The Morgan fingerprint density at radius 2 is 2.41 bits per heavy atom. The molecular weight excluding hydrogens is 314 g/mol. The molecule has 2 atom stereocenters. The SMILES string of the molecule is CCC(NC(=O)N1CCC[C@@H]1c1csc(C)n1)c1cccs1. The minimum atomic E-state index is 0.0356. The monoisotopic (exact) mass is 335 g/mol. The van der Waals surface area contributed by atoms with Gasteiger partial charge in [-0.15, -0.1) is 22.7 Å². The van der Waals surface area contributed by atoms with Gasteiger partial charge in [-0.05, 0) is 37.6 Å². The van der Waals surface area contributed by atoms with Gasteiger partial charge in [0.05, 0.1) is 22.8 Å². The van der Waals surface area contributed by atoms with Crippen LogP contribution < -0.4 is 5.32 Å². The van der Waals surface area contributed by atoms with E-state index in [1.165, 1.54) is 4.88 Å². The van der Waals surface area contributed by atoms with Crippen molar-refractivity contribution in [2.75, 3.05) is 6.54 Å². The lowest BCUT2D eigenvalue weighted by Gasteiger charge is -2.26. The van der Waals surface area contributed by atoms with E-state index in [4.69, 9.17) is 0 Å². The van der Waals surface area contributed by atoms with Crippen molar-refractivity contribution in [1.29, 1.82) is 0 Å². The lowest BCUT2D eigenvalue weighted by molar-refractivity contribution is 0.188. The average molecular weight is 335 g/mol. The van der Waals surface area contributed by atoms with Gasteiger partial charge in [-0.1, -0.05) is 13.0 Å². The molecule has 0 spiro atoms. The van der Waals surface area contributed by atoms with Crippen LogP contribution in [0.25, 0.3) is 0 Å². The second-order valence-corrected chi connectivity index (χ2v) is 7.61. The summed E-state index contributed by atoms with van der Waals surface area (Å²) in [7, 11) is 0. The van der Waals surface area contributed by atoms with E-state index < -0.39 is 0 Å². The zero-order valence-electron chi connectivity index (χ0n) is 12.9. The number of thiazole rings is 1. The Morgan fingerprint density at radius 3 is 3.05 bits per heavy atom. The van der Waals surface area contributed by atoms with E-state index in [2.05, 4.69) is 34.1 Å². The molecule has 22 heavy (non-hydrogen) atoms. The van der Waals surface area contributed by atoms with Gasteiger partial charge in [0.1, 0.15) is 0 Å². The Labute approximate surface area is 139 Å². The number of hydrogen-bond donors (Lipinski definition) is 1. The summed E-state index contributed by atoms with van der Waals surface area (Å²) >= 11 is 3.35. The van der Waals surface area contributed by atoms with Crippen LogP contribution in [0.15, 0.2) is 22.9 Å². The summed E-state index contributed by atoms with van der Waals surface area (Å²) in [5.41, 5.74) is 1.04. The summed E-state index contributed by atoms with van der Waals surface area (Å²) in [5.74, 6) is 0. The number of nitrogens with zero attached hydrogens (tertiary/aromatic N) is 2. The number of likely N-dealkylation sites (tertiary alicyclic amines) is 1. The molecule has 0 aromatic carbocycles. The second kappa shape index (κ2) is 6.79. The quantitative estimate of drug-likeness (QED) is 0.893. The fourth-order valence-electron chi connectivity index (χ4n) is 2.95. The highest BCUT2D eigenvalue weighted by atomic mass is 32.1. The lowest BCUT2D eigenvalue weighted by atomic mass is 10.1. The molecular formula is C16H21N3OS2. The van der Waals surface area contributed by atoms with Crippen LogP contribution in [0.4, 0.5) is 4.79 Å². The number of nitrogens with one attached hydrogen (secondary N) is 1. The topological polar surface area (TPSA) is 45.2 Å². The smallest absolute Gasteiger partial charge is 0.318 e. The molecule has 2 amide bonds. The van der Waals surface area contributed by atoms with E-state index in [9.17, 15) is 4.79 Å². The van der Waals surface area contributed by atoms with Crippen LogP contribution in [0.5, 0.6) is 0 Å². The number of rotatable bonds is 4. The molecule has 0 aliphatic carbocycles. The first kappa shape index (κ1) is 15.5. The molecule has 1 N–H and O–H groups in total. The van der Waals surface area contributed by atoms with Gasteiger partial charge in [0, 0.05) is 16.8 Å². The Hall–Kier alpha value is -1.40. The number of carbonyl (C=O) groups excluding carboxylic acids is 1. The predicted octanol–water partition coefficient (Wildman–Crippen LogP) is 4.51. The highest BCUT2D eigenvalue weighted by Gasteiger charge is 2.32. The van der Waals surface area contributed by atoms with Crippen molar-refractivity contribution in [2.24, 2.45) is 0 Å². The van der Waals surface area contributed by atoms with Crippen molar-refractivity contribution < 1.29 is 4.79 Å². The van der Waals surface area contributed by atoms with E-state index in [0.29, 0.717) is 0 Å². The third-order valence-corrected chi connectivity index (χ3v) is 5.86. The van der Waals surface area contributed by atoms with Crippen LogP contribution in [0, 0.1) is 6.92 Å². The number of urea groups is 1. The highest BCUT2D eigenvalue weighted by Crippen LogP contribution is 2.33. The van der Waals surface area contributed by atoms with Gasteiger partial charge in [-0.25, -0.2) is 9.78 Å². The molecule has 1 fully saturated rings. The van der Waals surface area contributed by atoms with Crippen LogP contribution in [0.3, 0.4) is 0 Å². The van der Waals surface area contributed by atoms with Crippen LogP contribution in [-0.2, 0) is 0 Å². The largest absolute Gasteiger partial charge is 0.330 e. The third kappa shape index (κ3) is 3.17. The highest BCUT2D eigenvalue weighted by molar-refractivity contribution is 7.10.